The van der Waals surface area contributed by atoms with Gasteiger partial charge in [-0.05, 0) is 43.0 Å². The molecule has 8 heteroatoms. The predicted molar refractivity (Wildman–Crippen MR) is 128 cm³/mol. The second-order valence-corrected chi connectivity index (χ2v) is 9.52. The molecule has 0 aliphatic carbocycles. The normalized spacial score (nSPS) is 13.2. The predicted octanol–water partition coefficient (Wildman–Crippen LogP) is 5.35. The molecular formula is C25H34F2N2O3S. The molecule has 0 radical (unpaired) electrons. The highest BCUT2D eigenvalue weighted by molar-refractivity contribution is 7.99. The molecule has 0 saturated heterocycles. The molecule has 1 amide bonds. The lowest BCUT2D eigenvalue weighted by molar-refractivity contribution is -0.118. The van der Waals surface area contributed by atoms with Crippen LogP contribution in [0.15, 0.2) is 41.0 Å². The Morgan fingerprint density at radius 3 is 2.45 bits per heavy atom. The molecule has 33 heavy (non-hydrogen) atoms. The van der Waals surface area contributed by atoms with E-state index < -0.39 is 23.1 Å². The Balaban J connectivity index is 1.98. The molecule has 1 aromatic heterocycles. The van der Waals surface area contributed by atoms with Crippen molar-refractivity contribution in [2.24, 2.45) is 5.92 Å². The summed E-state index contributed by atoms with van der Waals surface area (Å²) in [4.78, 5) is 25.4. The number of carbonyl (C=O) groups excluding carboxylic acids is 2. The number of nitrogens with one attached hydrogen (secondary N) is 2. The number of unbranched alkanes of at least 4 members (excludes halogenated alkanes) is 1. The number of ketones is 1. The first-order valence-corrected chi connectivity index (χ1v) is 12.6. The van der Waals surface area contributed by atoms with E-state index in [9.17, 15) is 18.4 Å². The number of hydrogen-bond donors (Lipinski definition) is 2. The van der Waals surface area contributed by atoms with Crippen LogP contribution in [0.3, 0.4) is 0 Å². The van der Waals surface area contributed by atoms with Crippen molar-refractivity contribution in [3.8, 4) is 0 Å². The summed E-state index contributed by atoms with van der Waals surface area (Å²) in [6, 6.07) is 6.33. The summed E-state index contributed by atoms with van der Waals surface area (Å²) in [5.74, 6) is -0.439. The van der Waals surface area contributed by atoms with Crippen LogP contribution in [0.5, 0.6) is 0 Å². The third kappa shape index (κ3) is 9.29. The van der Waals surface area contributed by atoms with Crippen LogP contribution in [0.25, 0.3) is 0 Å². The number of furan rings is 1. The highest BCUT2D eigenvalue weighted by Crippen LogP contribution is 2.16. The van der Waals surface area contributed by atoms with Gasteiger partial charge in [-0.25, -0.2) is 8.78 Å². The van der Waals surface area contributed by atoms with Gasteiger partial charge in [0.1, 0.15) is 23.0 Å². The number of benzene rings is 1. The average molecular weight is 481 g/mol. The third-order valence-corrected chi connectivity index (χ3v) is 6.17. The monoisotopic (exact) mass is 480 g/mol. The Labute approximate surface area is 199 Å². The quantitative estimate of drug-likeness (QED) is 0.359. The zero-order valence-corrected chi connectivity index (χ0v) is 20.4. The van der Waals surface area contributed by atoms with E-state index in [1.165, 1.54) is 17.8 Å². The molecule has 182 valence electrons. The summed E-state index contributed by atoms with van der Waals surface area (Å²) in [6.07, 6.45) is 4.77. The molecule has 2 aromatic rings. The fraction of sp³-hybridized carbons (Fsp3) is 0.520. The fourth-order valence-corrected chi connectivity index (χ4v) is 4.42. The second kappa shape index (κ2) is 14.2. The van der Waals surface area contributed by atoms with Crippen LogP contribution >= 0.6 is 11.8 Å². The Hall–Kier alpha value is -2.19. The molecule has 1 aromatic carbocycles. The lowest BCUT2D eigenvalue weighted by Crippen LogP contribution is -2.48. The maximum Gasteiger partial charge on any atom is 0.257 e. The van der Waals surface area contributed by atoms with Crippen LogP contribution < -0.4 is 10.6 Å². The molecule has 0 fully saturated rings. The van der Waals surface area contributed by atoms with E-state index in [1.807, 2.05) is 26.0 Å². The molecule has 0 aliphatic rings. The van der Waals surface area contributed by atoms with Crippen molar-refractivity contribution >= 4 is 23.5 Å². The highest BCUT2D eigenvalue weighted by atomic mass is 32.2. The first-order valence-electron chi connectivity index (χ1n) is 11.4. The van der Waals surface area contributed by atoms with E-state index in [0.29, 0.717) is 30.9 Å². The third-order valence-electron chi connectivity index (χ3n) is 5.20. The maximum atomic E-state index is 14.0. The maximum absolute atomic E-state index is 14.0. The van der Waals surface area contributed by atoms with Crippen molar-refractivity contribution in [3.05, 3.63) is 59.6 Å². The molecule has 1 heterocycles. The van der Waals surface area contributed by atoms with Gasteiger partial charge in [0.05, 0.1) is 23.8 Å². The van der Waals surface area contributed by atoms with E-state index in [-0.39, 0.29) is 23.8 Å². The summed E-state index contributed by atoms with van der Waals surface area (Å²) >= 11 is 1.50. The Morgan fingerprint density at radius 2 is 1.85 bits per heavy atom. The zero-order chi connectivity index (χ0) is 24.2. The molecule has 0 aliphatic heterocycles. The van der Waals surface area contributed by atoms with Crippen molar-refractivity contribution < 1.29 is 22.8 Å². The van der Waals surface area contributed by atoms with Crippen molar-refractivity contribution in [2.45, 2.75) is 64.3 Å². The molecule has 2 N–H and O–H groups in total. The Morgan fingerprint density at radius 1 is 1.12 bits per heavy atom. The summed E-state index contributed by atoms with van der Waals surface area (Å²) < 4.78 is 33.4. The molecule has 0 saturated carbocycles. The Kier molecular flexibility index (Phi) is 11.6. The number of halogens is 2. The topological polar surface area (TPSA) is 71.3 Å². The lowest BCUT2D eigenvalue weighted by atomic mass is 10.0. The molecular weight excluding hydrogens is 446 g/mol. The van der Waals surface area contributed by atoms with E-state index >= 15 is 0 Å². The Bertz CT molecular complexity index is 854. The summed E-state index contributed by atoms with van der Waals surface area (Å²) in [7, 11) is 0. The van der Waals surface area contributed by atoms with Crippen molar-refractivity contribution in [2.75, 3.05) is 12.3 Å². The van der Waals surface area contributed by atoms with Crippen LogP contribution in [0, 0.1) is 17.6 Å². The van der Waals surface area contributed by atoms with Gasteiger partial charge >= 0.3 is 0 Å². The molecule has 2 rings (SSSR count). The van der Waals surface area contributed by atoms with Crippen LogP contribution in [0.1, 0.15) is 62.6 Å². The van der Waals surface area contributed by atoms with E-state index in [0.717, 1.165) is 30.7 Å². The lowest BCUT2D eigenvalue weighted by Gasteiger charge is -2.25. The SMILES string of the molecule is CCCCC(NCC(CC(C)C)NC(=O)c1c(F)cccc1F)C(=O)CSCc1ccco1. The molecule has 2 atom stereocenters. The first kappa shape index (κ1) is 27.1. The molecule has 2 unspecified atom stereocenters. The van der Waals surface area contributed by atoms with E-state index in [2.05, 4.69) is 17.6 Å². The number of rotatable bonds is 15. The van der Waals surface area contributed by atoms with Crippen LogP contribution in [-0.2, 0) is 10.5 Å². The molecule has 5 nitrogen and oxygen atoms in total. The van der Waals surface area contributed by atoms with Gasteiger partial charge in [-0.15, -0.1) is 11.8 Å². The molecule has 0 bridgehead atoms. The smallest absolute Gasteiger partial charge is 0.257 e. The van der Waals surface area contributed by atoms with Crippen LogP contribution in [-0.4, -0.2) is 36.1 Å². The van der Waals surface area contributed by atoms with Gasteiger partial charge in [0.2, 0.25) is 0 Å². The van der Waals surface area contributed by atoms with Gasteiger partial charge in [0.25, 0.3) is 5.91 Å². The van der Waals surface area contributed by atoms with E-state index in [1.54, 1.807) is 6.26 Å². The summed E-state index contributed by atoms with van der Waals surface area (Å²) in [5.41, 5.74) is -0.584. The number of Topliss-reactive ketones (excluding diaryl/α,β-unsaturated/α-hetero) is 1. The number of carbonyl (C=O) groups is 2. The fourth-order valence-electron chi connectivity index (χ4n) is 3.55. The highest BCUT2D eigenvalue weighted by Gasteiger charge is 2.23. The minimum atomic E-state index is -0.895. The van der Waals surface area contributed by atoms with Gasteiger partial charge < -0.3 is 15.1 Å². The van der Waals surface area contributed by atoms with Gasteiger partial charge in [-0.1, -0.05) is 39.7 Å². The largest absolute Gasteiger partial charge is 0.468 e. The minimum Gasteiger partial charge on any atom is -0.468 e. The summed E-state index contributed by atoms with van der Waals surface area (Å²) in [5, 5.41) is 6.05. The minimum absolute atomic E-state index is 0.0924. The zero-order valence-electron chi connectivity index (χ0n) is 19.5. The van der Waals surface area contributed by atoms with Gasteiger partial charge in [-0.3, -0.25) is 9.59 Å². The van der Waals surface area contributed by atoms with Crippen molar-refractivity contribution in [1.82, 2.24) is 10.6 Å². The van der Waals surface area contributed by atoms with E-state index in [4.69, 9.17) is 4.42 Å². The van der Waals surface area contributed by atoms with Gasteiger partial charge in [0.15, 0.2) is 5.78 Å². The second-order valence-electron chi connectivity index (χ2n) is 8.54. The first-order chi connectivity index (χ1) is 15.8. The van der Waals surface area contributed by atoms with Crippen LogP contribution in [0.4, 0.5) is 8.78 Å². The molecule has 0 spiro atoms. The summed E-state index contributed by atoms with van der Waals surface area (Å²) in [6.45, 7) is 6.42. The number of hydrogen-bond acceptors (Lipinski definition) is 5. The van der Waals surface area contributed by atoms with Gasteiger partial charge in [-0.2, -0.15) is 0 Å². The number of amides is 1. The average Bonchev–Trinajstić information content (AvgIpc) is 3.26. The van der Waals surface area contributed by atoms with Crippen molar-refractivity contribution in [3.63, 3.8) is 0 Å². The number of thioether (sulfide) groups is 1. The van der Waals surface area contributed by atoms with Crippen LogP contribution in [0.2, 0.25) is 0 Å². The van der Waals surface area contributed by atoms with Crippen molar-refractivity contribution in [1.29, 1.82) is 0 Å². The standard InChI is InChI=1S/C25H34F2N2O3S/c1-4-5-11-22(23(30)16-33-15-19-8-7-12-32-19)28-14-18(13-17(2)3)29-25(31)24-20(26)9-6-10-21(24)27/h6-10,12,17-18,22,28H,4-5,11,13-16H2,1-3H3,(H,29,31). The van der Waals surface area contributed by atoms with Gasteiger partial charge in [0, 0.05) is 12.6 Å².